The molecular weight excluding hydrogens is 402 g/mol. The fourth-order valence-electron chi connectivity index (χ4n) is 3.36. The Balaban J connectivity index is 1.80. The summed E-state index contributed by atoms with van der Waals surface area (Å²) in [5.41, 5.74) is 1.94. The maximum absolute atomic E-state index is 14.6. The lowest BCUT2D eigenvalue weighted by atomic mass is 10.1. The predicted octanol–water partition coefficient (Wildman–Crippen LogP) is 2.21. The second-order valence-corrected chi connectivity index (χ2v) is 8.57. The predicted molar refractivity (Wildman–Crippen MR) is 102 cm³/mol. The number of anilines is 1. The van der Waals surface area contributed by atoms with Gasteiger partial charge < -0.3 is 4.90 Å². The summed E-state index contributed by atoms with van der Waals surface area (Å²) in [6, 6.07) is 5.01. The van der Waals surface area contributed by atoms with E-state index in [4.69, 9.17) is 0 Å². The molecule has 1 aliphatic rings. The molecule has 0 radical (unpaired) electrons. The van der Waals surface area contributed by atoms with E-state index in [0.29, 0.717) is 22.3 Å². The molecule has 3 heterocycles. The van der Waals surface area contributed by atoms with Crippen LogP contribution >= 0.6 is 0 Å². The summed E-state index contributed by atoms with van der Waals surface area (Å²) in [4.78, 5) is 21.9. The standard InChI is InChI=1S/C19H16F2N4O3S/c1-10-3-4-13-18-11(8-23-19(13)24-10)5-17(26)25(18)9-14-15(20)6-12(7-16(14)21)29(27,28)22-2/h3-4,6-8,22H,5,9H2,1-2H3. The van der Waals surface area contributed by atoms with E-state index < -0.39 is 32.1 Å². The van der Waals surface area contributed by atoms with Crippen molar-refractivity contribution < 1.29 is 22.0 Å². The van der Waals surface area contributed by atoms with Crippen LogP contribution in [-0.2, 0) is 27.8 Å². The van der Waals surface area contributed by atoms with E-state index in [1.165, 1.54) is 11.1 Å². The first kappa shape index (κ1) is 19.3. The molecule has 0 spiro atoms. The summed E-state index contributed by atoms with van der Waals surface area (Å²) in [7, 11) is -2.86. The van der Waals surface area contributed by atoms with Crippen LogP contribution in [0.1, 0.15) is 16.8 Å². The van der Waals surface area contributed by atoms with Crippen LogP contribution in [0.4, 0.5) is 14.5 Å². The highest BCUT2D eigenvalue weighted by molar-refractivity contribution is 7.89. The van der Waals surface area contributed by atoms with E-state index in [9.17, 15) is 22.0 Å². The fraction of sp³-hybridized carbons (Fsp3) is 0.211. The maximum atomic E-state index is 14.6. The highest BCUT2D eigenvalue weighted by atomic mass is 32.2. The minimum absolute atomic E-state index is 0.0571. The van der Waals surface area contributed by atoms with Gasteiger partial charge in [0.1, 0.15) is 11.6 Å². The minimum atomic E-state index is -4.01. The number of sulfonamides is 1. The van der Waals surface area contributed by atoms with Crippen molar-refractivity contribution in [1.82, 2.24) is 14.7 Å². The largest absolute Gasteiger partial charge is 0.306 e. The number of hydrogen-bond acceptors (Lipinski definition) is 5. The van der Waals surface area contributed by atoms with Gasteiger partial charge in [-0.15, -0.1) is 0 Å². The molecule has 10 heteroatoms. The van der Waals surface area contributed by atoms with Crippen molar-refractivity contribution in [2.24, 2.45) is 0 Å². The number of benzene rings is 1. The first-order valence-corrected chi connectivity index (χ1v) is 10.2. The van der Waals surface area contributed by atoms with Crippen molar-refractivity contribution in [1.29, 1.82) is 0 Å². The Labute approximate surface area is 165 Å². The van der Waals surface area contributed by atoms with Gasteiger partial charge in [0.2, 0.25) is 15.9 Å². The van der Waals surface area contributed by atoms with Crippen LogP contribution in [0.3, 0.4) is 0 Å². The van der Waals surface area contributed by atoms with Gasteiger partial charge in [-0.05, 0) is 38.2 Å². The molecule has 1 aliphatic heterocycles. The summed E-state index contributed by atoms with van der Waals surface area (Å²) in [6.45, 7) is 1.43. The first-order chi connectivity index (χ1) is 13.7. The minimum Gasteiger partial charge on any atom is -0.306 e. The van der Waals surface area contributed by atoms with Crippen LogP contribution in [-0.4, -0.2) is 31.3 Å². The molecule has 29 heavy (non-hydrogen) atoms. The van der Waals surface area contributed by atoms with Gasteiger partial charge in [-0.3, -0.25) is 4.79 Å². The fourth-order valence-corrected chi connectivity index (χ4v) is 4.11. The molecule has 0 atom stereocenters. The number of halogens is 2. The summed E-state index contributed by atoms with van der Waals surface area (Å²) in [5, 5.41) is 0.606. The Hall–Kier alpha value is -2.98. The number of nitrogens with zero attached hydrogens (tertiary/aromatic N) is 3. The topological polar surface area (TPSA) is 92.3 Å². The highest BCUT2D eigenvalue weighted by Gasteiger charge is 2.32. The van der Waals surface area contributed by atoms with Crippen LogP contribution in [0, 0.1) is 18.6 Å². The Morgan fingerprint density at radius 1 is 1.21 bits per heavy atom. The molecule has 3 aromatic rings. The monoisotopic (exact) mass is 418 g/mol. The molecule has 0 bridgehead atoms. The molecule has 0 unspecified atom stereocenters. The van der Waals surface area contributed by atoms with Crippen LogP contribution in [0.25, 0.3) is 11.0 Å². The van der Waals surface area contributed by atoms with Crippen molar-refractivity contribution >= 4 is 32.7 Å². The molecule has 1 amide bonds. The van der Waals surface area contributed by atoms with Crippen LogP contribution in [0.2, 0.25) is 0 Å². The number of nitrogens with one attached hydrogen (secondary N) is 1. The van der Waals surface area contributed by atoms with Gasteiger partial charge in [0.15, 0.2) is 5.65 Å². The third-order valence-corrected chi connectivity index (χ3v) is 6.23. The van der Waals surface area contributed by atoms with E-state index in [1.807, 2.05) is 11.6 Å². The van der Waals surface area contributed by atoms with Gasteiger partial charge in [0, 0.05) is 28.4 Å². The third-order valence-electron chi connectivity index (χ3n) is 4.84. The zero-order valence-corrected chi connectivity index (χ0v) is 16.3. The van der Waals surface area contributed by atoms with Crippen molar-refractivity contribution in [3.63, 3.8) is 0 Å². The van der Waals surface area contributed by atoms with Gasteiger partial charge in [0.25, 0.3) is 0 Å². The molecule has 1 aromatic carbocycles. The maximum Gasteiger partial charge on any atom is 0.240 e. The second-order valence-electron chi connectivity index (χ2n) is 6.69. The Bertz CT molecular complexity index is 1250. The normalized spacial score (nSPS) is 13.9. The zero-order chi connectivity index (χ0) is 20.9. The second kappa shape index (κ2) is 6.82. The molecule has 4 rings (SSSR count). The Morgan fingerprint density at radius 2 is 1.90 bits per heavy atom. The molecule has 1 N–H and O–H groups in total. The van der Waals surface area contributed by atoms with Gasteiger partial charge in [-0.2, -0.15) is 0 Å². The summed E-state index contributed by atoms with van der Waals surface area (Å²) in [6.07, 6.45) is 1.60. The number of pyridine rings is 2. The van der Waals surface area contributed by atoms with E-state index in [1.54, 1.807) is 12.1 Å². The van der Waals surface area contributed by atoms with E-state index in [0.717, 1.165) is 24.9 Å². The lowest BCUT2D eigenvalue weighted by Crippen LogP contribution is -2.27. The average molecular weight is 418 g/mol. The van der Waals surface area contributed by atoms with Crippen molar-refractivity contribution in [3.05, 3.63) is 58.9 Å². The summed E-state index contributed by atoms with van der Waals surface area (Å²) >= 11 is 0. The summed E-state index contributed by atoms with van der Waals surface area (Å²) < 4.78 is 54.9. The third kappa shape index (κ3) is 3.23. The quantitative estimate of drug-likeness (QED) is 0.701. The highest BCUT2D eigenvalue weighted by Crippen LogP contribution is 2.36. The van der Waals surface area contributed by atoms with Gasteiger partial charge in [-0.25, -0.2) is 31.9 Å². The van der Waals surface area contributed by atoms with Gasteiger partial charge in [-0.1, -0.05) is 0 Å². The number of aromatic nitrogens is 2. The lowest BCUT2D eigenvalue weighted by Gasteiger charge is -2.20. The molecule has 0 saturated carbocycles. The molecule has 7 nitrogen and oxygen atoms in total. The first-order valence-electron chi connectivity index (χ1n) is 8.68. The SMILES string of the molecule is CNS(=O)(=O)c1cc(F)c(CN2C(=O)Cc3cnc4nc(C)ccc4c32)c(F)c1. The van der Waals surface area contributed by atoms with E-state index in [-0.39, 0.29) is 18.9 Å². The summed E-state index contributed by atoms with van der Waals surface area (Å²) in [5.74, 6) is -2.43. The Kier molecular flexibility index (Phi) is 4.55. The van der Waals surface area contributed by atoms with Crippen molar-refractivity contribution in [2.75, 3.05) is 11.9 Å². The molecular formula is C19H16F2N4O3S. The number of rotatable bonds is 4. The number of aryl methyl sites for hydroxylation is 1. The van der Waals surface area contributed by atoms with Crippen molar-refractivity contribution in [3.8, 4) is 0 Å². The number of amides is 1. The number of hydrogen-bond donors (Lipinski definition) is 1. The van der Waals surface area contributed by atoms with E-state index >= 15 is 0 Å². The number of fused-ring (bicyclic) bond motifs is 3. The van der Waals surface area contributed by atoms with Crippen LogP contribution in [0.5, 0.6) is 0 Å². The van der Waals surface area contributed by atoms with Crippen LogP contribution in [0.15, 0.2) is 35.4 Å². The zero-order valence-electron chi connectivity index (χ0n) is 15.5. The van der Waals surface area contributed by atoms with Crippen molar-refractivity contribution in [2.45, 2.75) is 24.8 Å². The average Bonchev–Trinajstić information content (AvgIpc) is 2.99. The molecule has 150 valence electrons. The number of carbonyl (C=O) groups is 1. The van der Waals surface area contributed by atoms with Crippen LogP contribution < -0.4 is 9.62 Å². The molecule has 2 aromatic heterocycles. The molecule has 0 fully saturated rings. The molecule has 0 aliphatic carbocycles. The Morgan fingerprint density at radius 3 is 2.55 bits per heavy atom. The van der Waals surface area contributed by atoms with Gasteiger partial charge >= 0.3 is 0 Å². The van der Waals surface area contributed by atoms with Gasteiger partial charge in [0.05, 0.1) is 23.5 Å². The lowest BCUT2D eigenvalue weighted by molar-refractivity contribution is -0.117. The molecule has 0 saturated heterocycles. The van der Waals surface area contributed by atoms with E-state index in [2.05, 4.69) is 9.97 Å². The number of carbonyl (C=O) groups excluding carboxylic acids is 1. The smallest absolute Gasteiger partial charge is 0.240 e.